The lowest BCUT2D eigenvalue weighted by molar-refractivity contribution is -0.116. The minimum Gasteiger partial charge on any atom is -0.496 e. The zero-order valence-electron chi connectivity index (χ0n) is 17.1. The second-order valence-electron chi connectivity index (χ2n) is 7.28. The molecule has 1 aromatic rings. The molecule has 0 unspecified atom stereocenters. The molecule has 158 valence electrons. The number of carbonyl (C=O) groups is 2. The molecule has 29 heavy (non-hydrogen) atoms. The highest BCUT2D eigenvalue weighted by Gasteiger charge is 2.51. The average Bonchev–Trinajstić information content (AvgIpc) is 2.93. The number of ether oxygens (including phenoxy) is 4. The van der Waals surface area contributed by atoms with E-state index in [1.165, 1.54) is 7.11 Å². The maximum Gasteiger partial charge on any atom is 0.513 e. The lowest BCUT2D eigenvalue weighted by Gasteiger charge is -2.37. The van der Waals surface area contributed by atoms with Gasteiger partial charge in [0.2, 0.25) is 0 Å². The Hall–Kier alpha value is -2.25. The Morgan fingerprint density at radius 3 is 2.55 bits per heavy atom. The first-order valence-corrected chi connectivity index (χ1v) is 10.0. The van der Waals surface area contributed by atoms with Crippen LogP contribution in [0.5, 0.6) is 5.75 Å². The van der Waals surface area contributed by atoms with Crippen molar-refractivity contribution in [3.8, 4) is 5.75 Å². The second-order valence-corrected chi connectivity index (χ2v) is 7.69. The highest BCUT2D eigenvalue weighted by atomic mass is 35.5. The molecule has 0 radical (unpaired) electrons. The molecule has 0 saturated heterocycles. The normalized spacial score (nSPS) is 23.9. The van der Waals surface area contributed by atoms with Crippen molar-refractivity contribution in [2.45, 2.75) is 51.2 Å². The molecule has 1 spiro atoms. The van der Waals surface area contributed by atoms with Crippen LogP contribution < -0.4 is 10.1 Å². The molecule has 1 aliphatic carbocycles. The fraction of sp³-hybridized carbons (Fsp3) is 0.524. The number of methoxy groups -OCH3 is 2. The summed E-state index contributed by atoms with van der Waals surface area (Å²) in [7, 11) is 3.18. The van der Waals surface area contributed by atoms with Gasteiger partial charge in [0.05, 0.1) is 41.5 Å². The summed E-state index contributed by atoms with van der Waals surface area (Å²) in [6, 6.07) is 3.53. The molecule has 1 heterocycles. The van der Waals surface area contributed by atoms with Gasteiger partial charge in [-0.15, -0.1) is 0 Å². The quantitative estimate of drug-likeness (QED) is 0.721. The monoisotopic (exact) mass is 423 g/mol. The smallest absolute Gasteiger partial charge is 0.496 e. The van der Waals surface area contributed by atoms with Gasteiger partial charge < -0.3 is 24.3 Å². The molecule has 8 heteroatoms. The molecule has 0 aromatic heterocycles. The second kappa shape index (κ2) is 8.63. The third kappa shape index (κ3) is 4.07. The SMILES string of the molecule is CCOC(=O)OC1=C(c2c(Cl)cc(C)cc2OC)C(=O)NC12CCC(OC)CC2. The molecule has 2 aliphatic rings. The molecule has 1 N–H and O–H groups in total. The zero-order chi connectivity index (χ0) is 21.2. The van der Waals surface area contributed by atoms with Crippen LogP contribution in [0, 0.1) is 6.92 Å². The van der Waals surface area contributed by atoms with E-state index in [-0.39, 0.29) is 30.0 Å². The van der Waals surface area contributed by atoms with Crippen LogP contribution in [-0.2, 0) is 19.0 Å². The van der Waals surface area contributed by atoms with E-state index in [9.17, 15) is 9.59 Å². The molecule has 1 saturated carbocycles. The van der Waals surface area contributed by atoms with E-state index in [0.717, 1.165) is 18.4 Å². The Kier molecular flexibility index (Phi) is 6.39. The van der Waals surface area contributed by atoms with E-state index in [1.54, 1.807) is 26.2 Å². The van der Waals surface area contributed by atoms with Crippen molar-refractivity contribution in [1.29, 1.82) is 0 Å². The predicted molar refractivity (Wildman–Crippen MR) is 108 cm³/mol. The van der Waals surface area contributed by atoms with E-state index in [2.05, 4.69) is 5.32 Å². The van der Waals surface area contributed by atoms with Gasteiger partial charge in [-0.3, -0.25) is 4.79 Å². The fourth-order valence-electron chi connectivity index (χ4n) is 4.07. The average molecular weight is 424 g/mol. The van der Waals surface area contributed by atoms with Gasteiger partial charge in [-0.2, -0.15) is 0 Å². The number of nitrogens with one attached hydrogen (secondary N) is 1. The largest absolute Gasteiger partial charge is 0.513 e. The summed E-state index contributed by atoms with van der Waals surface area (Å²) in [6.07, 6.45) is 1.83. The molecule has 1 aliphatic heterocycles. The van der Waals surface area contributed by atoms with Gasteiger partial charge >= 0.3 is 6.16 Å². The van der Waals surface area contributed by atoms with Crippen molar-refractivity contribution >= 4 is 29.2 Å². The van der Waals surface area contributed by atoms with E-state index in [1.807, 2.05) is 6.92 Å². The summed E-state index contributed by atoms with van der Waals surface area (Å²) in [5.41, 5.74) is 0.684. The van der Waals surface area contributed by atoms with Gasteiger partial charge in [0, 0.05) is 7.11 Å². The maximum absolute atomic E-state index is 13.1. The van der Waals surface area contributed by atoms with E-state index < -0.39 is 11.7 Å². The summed E-state index contributed by atoms with van der Waals surface area (Å²) in [4.78, 5) is 25.3. The predicted octanol–water partition coefficient (Wildman–Crippen LogP) is 4.00. The number of hydrogen-bond donors (Lipinski definition) is 1. The molecule has 0 atom stereocenters. The van der Waals surface area contributed by atoms with E-state index in [0.29, 0.717) is 29.2 Å². The van der Waals surface area contributed by atoms with Gasteiger partial charge in [-0.25, -0.2) is 4.79 Å². The van der Waals surface area contributed by atoms with E-state index >= 15 is 0 Å². The molecular formula is C21H26ClNO6. The Bertz CT molecular complexity index is 842. The van der Waals surface area contributed by atoms with Gasteiger partial charge in [0.25, 0.3) is 5.91 Å². The topological polar surface area (TPSA) is 83.1 Å². The van der Waals surface area contributed by atoms with Crippen LogP contribution in [0.1, 0.15) is 43.7 Å². The minimum absolute atomic E-state index is 0.0999. The summed E-state index contributed by atoms with van der Waals surface area (Å²) in [5.74, 6) is 0.316. The first-order valence-electron chi connectivity index (χ1n) is 9.64. The number of aryl methyl sites for hydroxylation is 1. The number of carbonyl (C=O) groups excluding carboxylic acids is 2. The standard InChI is InChI=1S/C21H26ClNO6/c1-5-28-20(25)29-18-17(16-14(22)10-12(2)11-15(16)27-4)19(24)23-21(18)8-6-13(26-3)7-9-21/h10-11,13H,5-9H2,1-4H3,(H,23,24). The molecule has 1 aromatic carbocycles. The van der Waals surface area contributed by atoms with Gasteiger partial charge in [-0.1, -0.05) is 11.6 Å². The van der Waals surface area contributed by atoms with Crippen LogP contribution in [0.15, 0.2) is 17.9 Å². The van der Waals surface area contributed by atoms with Crippen LogP contribution >= 0.6 is 11.6 Å². The summed E-state index contributed by atoms with van der Waals surface area (Å²) < 4.78 is 21.5. The van der Waals surface area contributed by atoms with E-state index in [4.69, 9.17) is 30.5 Å². The number of amides is 1. The van der Waals surface area contributed by atoms with Crippen molar-refractivity contribution in [2.75, 3.05) is 20.8 Å². The number of rotatable bonds is 5. The molecule has 0 bridgehead atoms. The Balaban J connectivity index is 2.15. The Morgan fingerprint density at radius 2 is 1.97 bits per heavy atom. The summed E-state index contributed by atoms with van der Waals surface area (Å²) >= 11 is 6.51. The summed E-state index contributed by atoms with van der Waals surface area (Å²) in [5, 5.41) is 3.38. The van der Waals surface area contributed by atoms with Crippen LogP contribution in [-0.4, -0.2) is 44.5 Å². The Morgan fingerprint density at radius 1 is 1.28 bits per heavy atom. The van der Waals surface area contributed by atoms with Crippen molar-refractivity contribution in [1.82, 2.24) is 5.32 Å². The van der Waals surface area contributed by atoms with Crippen molar-refractivity contribution in [2.24, 2.45) is 0 Å². The lowest BCUT2D eigenvalue weighted by Crippen LogP contribution is -2.49. The number of benzene rings is 1. The summed E-state index contributed by atoms with van der Waals surface area (Å²) in [6.45, 7) is 3.73. The fourth-order valence-corrected chi connectivity index (χ4v) is 4.43. The number of halogens is 1. The van der Waals surface area contributed by atoms with Crippen molar-refractivity contribution < 1.29 is 28.5 Å². The Labute approximate surface area is 175 Å². The van der Waals surface area contributed by atoms with Crippen molar-refractivity contribution in [3.63, 3.8) is 0 Å². The third-order valence-corrected chi connectivity index (χ3v) is 5.78. The first kappa shape index (κ1) is 21.5. The third-order valence-electron chi connectivity index (χ3n) is 5.48. The minimum atomic E-state index is -0.855. The van der Waals surface area contributed by atoms with Gasteiger partial charge in [0.15, 0.2) is 5.76 Å². The highest BCUT2D eigenvalue weighted by Crippen LogP contribution is 2.47. The maximum atomic E-state index is 13.1. The molecule has 1 fully saturated rings. The molecular weight excluding hydrogens is 398 g/mol. The van der Waals surface area contributed by atoms with Crippen LogP contribution in [0.25, 0.3) is 5.57 Å². The van der Waals surface area contributed by atoms with Gasteiger partial charge in [0.1, 0.15) is 5.75 Å². The zero-order valence-corrected chi connectivity index (χ0v) is 17.9. The lowest BCUT2D eigenvalue weighted by atomic mass is 9.79. The first-order chi connectivity index (χ1) is 13.8. The van der Waals surface area contributed by atoms with Crippen molar-refractivity contribution in [3.05, 3.63) is 34.0 Å². The number of hydrogen-bond acceptors (Lipinski definition) is 6. The highest BCUT2D eigenvalue weighted by molar-refractivity contribution is 6.36. The van der Waals surface area contributed by atoms with Crippen LogP contribution in [0.4, 0.5) is 4.79 Å². The van der Waals surface area contributed by atoms with Crippen LogP contribution in [0.3, 0.4) is 0 Å². The molecule has 3 rings (SSSR count). The van der Waals surface area contributed by atoms with Crippen LogP contribution in [0.2, 0.25) is 5.02 Å². The molecule has 1 amide bonds. The molecule has 7 nitrogen and oxygen atoms in total. The van der Waals surface area contributed by atoms with Gasteiger partial charge in [-0.05, 0) is 57.2 Å².